The zero-order chi connectivity index (χ0) is 13.0. The van der Waals surface area contributed by atoms with Gasteiger partial charge in [-0.15, -0.1) is 0 Å². The van der Waals surface area contributed by atoms with Crippen molar-refractivity contribution in [2.75, 3.05) is 11.9 Å². The fourth-order valence-electron chi connectivity index (χ4n) is 1.60. The molecule has 1 aromatic carbocycles. The third-order valence-electron chi connectivity index (χ3n) is 2.93. The van der Waals surface area contributed by atoms with Crippen molar-refractivity contribution in [3.05, 3.63) is 29.6 Å². The molecule has 1 aromatic rings. The molecule has 2 N–H and O–H groups in total. The zero-order valence-electron chi connectivity index (χ0n) is 10.4. The zero-order valence-corrected chi connectivity index (χ0v) is 10.4. The number of benzene rings is 1. The first-order chi connectivity index (χ1) is 7.97. The SMILES string of the molecule is CC(CC#N)N(C)c1ccc([C@@H](C)N)cc1F. The molecule has 0 spiro atoms. The second-order valence-corrected chi connectivity index (χ2v) is 4.32. The molecule has 0 saturated carbocycles. The fraction of sp³-hybridized carbons (Fsp3) is 0.462. The van der Waals surface area contributed by atoms with E-state index in [1.165, 1.54) is 6.07 Å². The van der Waals surface area contributed by atoms with Gasteiger partial charge in [0.25, 0.3) is 0 Å². The Morgan fingerprint density at radius 3 is 2.59 bits per heavy atom. The summed E-state index contributed by atoms with van der Waals surface area (Å²) in [5.74, 6) is -0.299. The number of halogens is 1. The van der Waals surface area contributed by atoms with Crippen LogP contribution in [0.2, 0.25) is 0 Å². The van der Waals surface area contributed by atoms with E-state index in [1.54, 1.807) is 18.0 Å². The molecule has 1 rings (SSSR count). The van der Waals surface area contributed by atoms with Crippen molar-refractivity contribution in [2.24, 2.45) is 5.73 Å². The summed E-state index contributed by atoms with van der Waals surface area (Å²) in [5.41, 5.74) is 6.96. The molecule has 0 bridgehead atoms. The van der Waals surface area contributed by atoms with E-state index in [0.29, 0.717) is 12.1 Å². The molecule has 0 heterocycles. The van der Waals surface area contributed by atoms with Gasteiger partial charge in [-0.25, -0.2) is 4.39 Å². The highest BCUT2D eigenvalue weighted by Crippen LogP contribution is 2.23. The van der Waals surface area contributed by atoms with E-state index in [4.69, 9.17) is 11.0 Å². The van der Waals surface area contributed by atoms with Crippen LogP contribution < -0.4 is 10.6 Å². The van der Waals surface area contributed by atoms with Crippen LogP contribution in [0.25, 0.3) is 0 Å². The standard InChI is InChI=1S/C13H18FN3/c1-9(6-7-15)17(3)13-5-4-11(10(2)16)8-12(13)14/h4-5,8-10H,6,16H2,1-3H3/t9?,10-/m1/s1. The Morgan fingerprint density at radius 2 is 2.12 bits per heavy atom. The monoisotopic (exact) mass is 235 g/mol. The highest BCUT2D eigenvalue weighted by molar-refractivity contribution is 5.49. The molecular weight excluding hydrogens is 217 g/mol. The minimum absolute atomic E-state index is 0.0179. The summed E-state index contributed by atoms with van der Waals surface area (Å²) in [6, 6.07) is 6.87. The normalized spacial score (nSPS) is 13.9. The van der Waals surface area contributed by atoms with Gasteiger partial charge in [0.05, 0.1) is 18.2 Å². The first kappa shape index (κ1) is 13.5. The van der Waals surface area contributed by atoms with Crippen molar-refractivity contribution < 1.29 is 4.39 Å². The van der Waals surface area contributed by atoms with Gasteiger partial charge in [-0.2, -0.15) is 5.26 Å². The lowest BCUT2D eigenvalue weighted by Gasteiger charge is -2.26. The van der Waals surface area contributed by atoms with E-state index >= 15 is 0 Å². The van der Waals surface area contributed by atoms with Gasteiger partial charge >= 0.3 is 0 Å². The summed E-state index contributed by atoms with van der Waals surface area (Å²) in [6.45, 7) is 3.71. The molecule has 3 nitrogen and oxygen atoms in total. The van der Waals surface area contributed by atoms with Gasteiger partial charge in [0.2, 0.25) is 0 Å². The largest absolute Gasteiger partial charge is 0.368 e. The predicted molar refractivity (Wildman–Crippen MR) is 67.1 cm³/mol. The Bertz CT molecular complexity index is 423. The van der Waals surface area contributed by atoms with E-state index in [1.807, 2.05) is 19.9 Å². The summed E-state index contributed by atoms with van der Waals surface area (Å²) < 4.78 is 13.9. The van der Waals surface area contributed by atoms with Gasteiger partial charge < -0.3 is 10.6 Å². The maximum atomic E-state index is 13.9. The lowest BCUT2D eigenvalue weighted by atomic mass is 10.1. The maximum absolute atomic E-state index is 13.9. The minimum Gasteiger partial charge on any atom is -0.368 e. The summed E-state index contributed by atoms with van der Waals surface area (Å²) in [4.78, 5) is 1.77. The number of nitrogens with two attached hydrogens (primary N) is 1. The molecule has 0 saturated heterocycles. The van der Waals surface area contributed by atoms with Gasteiger partial charge in [-0.1, -0.05) is 6.07 Å². The van der Waals surface area contributed by atoms with Crippen LogP contribution in [0.4, 0.5) is 10.1 Å². The van der Waals surface area contributed by atoms with E-state index < -0.39 is 0 Å². The Kier molecular flexibility index (Phi) is 4.47. The summed E-state index contributed by atoms with van der Waals surface area (Å²) in [7, 11) is 1.78. The first-order valence-corrected chi connectivity index (χ1v) is 5.62. The van der Waals surface area contributed by atoms with Crippen molar-refractivity contribution in [2.45, 2.75) is 32.4 Å². The van der Waals surface area contributed by atoms with E-state index in [9.17, 15) is 4.39 Å². The van der Waals surface area contributed by atoms with Crippen LogP contribution in [-0.2, 0) is 0 Å². The molecule has 0 aliphatic rings. The lowest BCUT2D eigenvalue weighted by Crippen LogP contribution is -2.29. The molecule has 0 amide bonds. The first-order valence-electron chi connectivity index (χ1n) is 5.62. The topological polar surface area (TPSA) is 53.0 Å². The van der Waals surface area contributed by atoms with Gasteiger partial charge in [-0.3, -0.25) is 0 Å². The van der Waals surface area contributed by atoms with Gasteiger partial charge in [0.1, 0.15) is 5.82 Å². The average molecular weight is 235 g/mol. The Hall–Kier alpha value is -1.60. The Balaban J connectivity index is 2.96. The molecule has 1 unspecified atom stereocenters. The second kappa shape index (κ2) is 5.65. The Labute approximate surface area is 102 Å². The number of hydrogen-bond acceptors (Lipinski definition) is 3. The maximum Gasteiger partial charge on any atom is 0.146 e. The number of nitrogens with zero attached hydrogens (tertiary/aromatic N) is 2. The molecule has 2 atom stereocenters. The van der Waals surface area contributed by atoms with Crippen LogP contribution >= 0.6 is 0 Å². The lowest BCUT2D eigenvalue weighted by molar-refractivity contribution is 0.603. The van der Waals surface area contributed by atoms with Crippen molar-refractivity contribution in [1.82, 2.24) is 0 Å². The van der Waals surface area contributed by atoms with Gasteiger partial charge in [-0.05, 0) is 31.5 Å². The van der Waals surface area contributed by atoms with Crippen molar-refractivity contribution in [3.8, 4) is 6.07 Å². The van der Waals surface area contributed by atoms with Crippen LogP contribution in [0.5, 0.6) is 0 Å². The molecule has 17 heavy (non-hydrogen) atoms. The molecule has 0 aliphatic heterocycles. The Morgan fingerprint density at radius 1 is 1.47 bits per heavy atom. The van der Waals surface area contributed by atoms with E-state index in [2.05, 4.69) is 6.07 Å². The fourth-order valence-corrected chi connectivity index (χ4v) is 1.60. The van der Waals surface area contributed by atoms with Crippen LogP contribution in [0.1, 0.15) is 31.9 Å². The quantitative estimate of drug-likeness (QED) is 0.872. The molecule has 0 fully saturated rings. The minimum atomic E-state index is -0.299. The number of rotatable bonds is 4. The third-order valence-corrected chi connectivity index (χ3v) is 2.93. The number of nitriles is 1. The van der Waals surface area contributed by atoms with E-state index in [-0.39, 0.29) is 17.9 Å². The molecular formula is C13H18FN3. The van der Waals surface area contributed by atoms with Crippen LogP contribution in [0.15, 0.2) is 18.2 Å². The molecule has 0 radical (unpaired) electrons. The highest BCUT2D eigenvalue weighted by Gasteiger charge is 2.14. The summed E-state index contributed by atoms with van der Waals surface area (Å²) >= 11 is 0. The molecule has 0 aliphatic carbocycles. The van der Waals surface area contributed by atoms with Gasteiger partial charge in [0, 0.05) is 19.1 Å². The average Bonchev–Trinajstić information content (AvgIpc) is 2.28. The predicted octanol–water partition coefficient (Wildman–Crippen LogP) is 2.58. The van der Waals surface area contributed by atoms with Crippen molar-refractivity contribution in [3.63, 3.8) is 0 Å². The number of hydrogen-bond donors (Lipinski definition) is 1. The van der Waals surface area contributed by atoms with Crippen LogP contribution in [0, 0.1) is 17.1 Å². The van der Waals surface area contributed by atoms with Crippen LogP contribution in [-0.4, -0.2) is 13.1 Å². The molecule has 92 valence electrons. The highest BCUT2D eigenvalue weighted by atomic mass is 19.1. The second-order valence-electron chi connectivity index (χ2n) is 4.32. The van der Waals surface area contributed by atoms with Crippen LogP contribution in [0.3, 0.4) is 0 Å². The summed E-state index contributed by atoms with van der Waals surface area (Å²) in [6.07, 6.45) is 0.366. The smallest absolute Gasteiger partial charge is 0.146 e. The third kappa shape index (κ3) is 3.18. The van der Waals surface area contributed by atoms with Gasteiger partial charge in [0.15, 0.2) is 0 Å². The molecule has 0 aromatic heterocycles. The van der Waals surface area contributed by atoms with E-state index in [0.717, 1.165) is 5.56 Å². The number of anilines is 1. The van der Waals surface area contributed by atoms with Crippen molar-refractivity contribution in [1.29, 1.82) is 5.26 Å². The summed E-state index contributed by atoms with van der Waals surface area (Å²) in [5, 5.41) is 8.63. The molecule has 4 heteroatoms. The van der Waals surface area contributed by atoms with Crippen molar-refractivity contribution >= 4 is 5.69 Å².